The molecule has 0 spiro atoms. The van der Waals surface area contributed by atoms with Gasteiger partial charge in [-0.3, -0.25) is 0 Å². The molecule has 0 fully saturated rings. The molecule has 0 aliphatic heterocycles. The van der Waals surface area contributed by atoms with Gasteiger partial charge in [0.1, 0.15) is 6.16 Å². The maximum Gasteiger partial charge on any atom is 0.342 e. The first kappa shape index (κ1) is 14.3. The molecule has 14 heavy (non-hydrogen) atoms. The van der Waals surface area contributed by atoms with Crippen molar-refractivity contribution < 1.29 is 9.79 Å². The Morgan fingerprint density at radius 3 is 1.79 bits per heavy atom. The van der Waals surface area contributed by atoms with Crippen molar-refractivity contribution in [2.45, 2.75) is 59.5 Å². The number of hydrogen-bond acceptors (Lipinski definition) is 3. The predicted octanol–water partition coefficient (Wildman–Crippen LogP) is 2.65. The van der Waals surface area contributed by atoms with Crippen LogP contribution < -0.4 is 0 Å². The van der Waals surface area contributed by atoms with Crippen LogP contribution in [-0.2, 0) is 0 Å². The lowest BCUT2D eigenvalue weighted by Gasteiger charge is -2.32. The number of unbranched alkanes of at least 4 members (excludes halogenated alkanes) is 1. The summed E-state index contributed by atoms with van der Waals surface area (Å²) in [7, 11) is -2.85. The molecular formula is C10H25NO2P+. The molecule has 0 aromatic carbocycles. The van der Waals surface area contributed by atoms with Gasteiger partial charge in [0.15, 0.2) is 0 Å². The minimum Gasteiger partial charge on any atom is -0.202 e. The highest BCUT2D eigenvalue weighted by Gasteiger charge is 2.44. The summed E-state index contributed by atoms with van der Waals surface area (Å²) in [6.45, 7) is 10.1. The van der Waals surface area contributed by atoms with E-state index in [1.165, 1.54) is 0 Å². The van der Waals surface area contributed by atoms with Crippen LogP contribution in [0.1, 0.15) is 47.5 Å². The molecule has 0 radical (unpaired) electrons. The van der Waals surface area contributed by atoms with Gasteiger partial charge in [-0.2, -0.15) is 0 Å². The maximum absolute atomic E-state index is 10.0. The van der Waals surface area contributed by atoms with E-state index >= 15 is 0 Å². The Balaban J connectivity index is 4.45. The van der Waals surface area contributed by atoms with Crippen molar-refractivity contribution in [2.75, 3.05) is 6.16 Å². The van der Waals surface area contributed by atoms with E-state index in [0.29, 0.717) is 6.16 Å². The summed E-state index contributed by atoms with van der Waals surface area (Å²) in [5.74, 6) is 0. The number of nitrogens with zero attached hydrogens (tertiary/aromatic N) is 1. The number of hydrogen-bond donors (Lipinski definition) is 2. The highest BCUT2D eigenvalue weighted by Crippen LogP contribution is 2.56. The maximum atomic E-state index is 10.0. The summed E-state index contributed by atoms with van der Waals surface area (Å²) in [4.78, 5) is 20.1. The van der Waals surface area contributed by atoms with Gasteiger partial charge in [-0.15, -0.1) is 4.67 Å². The molecule has 2 N–H and O–H groups in total. The standard InChI is InChI=1S/C10H25NO2P/c1-6-7-8-14(12,13)11(9(2)3)10(4)5/h9-10,12-13H,6-8H2,1-5H3/q+1. The van der Waals surface area contributed by atoms with Crippen molar-refractivity contribution in [3.8, 4) is 0 Å². The first-order valence-corrected chi connectivity index (χ1v) is 7.28. The fourth-order valence-corrected chi connectivity index (χ4v) is 4.27. The fraction of sp³-hybridized carbons (Fsp3) is 1.00. The summed E-state index contributed by atoms with van der Waals surface area (Å²) in [5.41, 5.74) is 0. The van der Waals surface area contributed by atoms with Crippen LogP contribution in [0.15, 0.2) is 0 Å². The monoisotopic (exact) mass is 222 g/mol. The Bertz CT molecular complexity index is 152. The molecule has 0 aromatic heterocycles. The van der Waals surface area contributed by atoms with Gasteiger partial charge in [0, 0.05) is 12.1 Å². The molecule has 0 aromatic rings. The third kappa shape index (κ3) is 4.22. The summed E-state index contributed by atoms with van der Waals surface area (Å²) in [6, 6.07) is 0.380. The third-order valence-corrected chi connectivity index (χ3v) is 4.82. The lowest BCUT2D eigenvalue weighted by atomic mass is 10.3. The van der Waals surface area contributed by atoms with Crippen molar-refractivity contribution in [1.29, 1.82) is 0 Å². The quantitative estimate of drug-likeness (QED) is 0.679. The van der Waals surface area contributed by atoms with E-state index in [0.717, 1.165) is 12.8 Å². The molecule has 0 aliphatic carbocycles. The molecule has 0 rings (SSSR count). The Kier molecular flexibility index (Phi) is 6.15. The van der Waals surface area contributed by atoms with E-state index in [1.807, 2.05) is 32.4 Å². The zero-order chi connectivity index (χ0) is 11.4. The average Bonchev–Trinajstić information content (AvgIpc) is 1.98. The van der Waals surface area contributed by atoms with Crippen LogP contribution >= 0.6 is 7.87 Å². The van der Waals surface area contributed by atoms with Crippen LogP contribution in [0.3, 0.4) is 0 Å². The van der Waals surface area contributed by atoms with Crippen LogP contribution in [0.4, 0.5) is 0 Å². The van der Waals surface area contributed by atoms with Gasteiger partial charge >= 0.3 is 7.87 Å². The van der Waals surface area contributed by atoms with Gasteiger partial charge < -0.3 is 0 Å². The van der Waals surface area contributed by atoms with Crippen LogP contribution in [0, 0.1) is 0 Å². The molecular weight excluding hydrogens is 197 g/mol. The van der Waals surface area contributed by atoms with Crippen molar-refractivity contribution >= 4 is 7.87 Å². The van der Waals surface area contributed by atoms with Gasteiger partial charge in [-0.05, 0) is 34.1 Å². The minimum atomic E-state index is -2.85. The van der Waals surface area contributed by atoms with E-state index in [1.54, 1.807) is 0 Å². The lowest BCUT2D eigenvalue weighted by molar-refractivity contribution is 0.238. The van der Waals surface area contributed by atoms with Gasteiger partial charge in [-0.25, -0.2) is 9.79 Å². The molecule has 0 amide bonds. The smallest absolute Gasteiger partial charge is 0.202 e. The summed E-state index contributed by atoms with van der Waals surface area (Å²) in [5, 5.41) is 0. The highest BCUT2D eigenvalue weighted by molar-refractivity contribution is 7.62. The normalized spacial score (nSPS) is 13.3. The molecule has 4 heteroatoms. The average molecular weight is 222 g/mol. The van der Waals surface area contributed by atoms with Gasteiger partial charge in [0.25, 0.3) is 0 Å². The van der Waals surface area contributed by atoms with Gasteiger partial charge in [0.2, 0.25) is 0 Å². The topological polar surface area (TPSA) is 43.7 Å². The number of rotatable bonds is 6. The van der Waals surface area contributed by atoms with E-state index in [4.69, 9.17) is 0 Å². The van der Waals surface area contributed by atoms with Gasteiger partial charge in [-0.1, -0.05) is 13.3 Å². The van der Waals surface area contributed by atoms with E-state index < -0.39 is 7.87 Å². The Morgan fingerprint density at radius 1 is 1.07 bits per heavy atom. The van der Waals surface area contributed by atoms with E-state index in [9.17, 15) is 9.79 Å². The van der Waals surface area contributed by atoms with E-state index in [-0.39, 0.29) is 12.1 Å². The van der Waals surface area contributed by atoms with Crippen LogP contribution in [0.5, 0.6) is 0 Å². The Labute approximate surface area is 88.7 Å². The van der Waals surface area contributed by atoms with Crippen molar-refractivity contribution in [3.63, 3.8) is 0 Å². The zero-order valence-corrected chi connectivity index (χ0v) is 11.0. The second-order valence-electron chi connectivity index (χ2n) is 4.34. The first-order valence-electron chi connectivity index (χ1n) is 5.45. The fourth-order valence-electron chi connectivity index (χ4n) is 1.82. The molecule has 0 atom stereocenters. The molecule has 0 unspecified atom stereocenters. The van der Waals surface area contributed by atoms with Crippen molar-refractivity contribution in [1.82, 2.24) is 4.67 Å². The van der Waals surface area contributed by atoms with Crippen LogP contribution in [0.25, 0.3) is 0 Å². The highest BCUT2D eigenvalue weighted by atomic mass is 31.2. The largest absolute Gasteiger partial charge is 0.342 e. The molecule has 3 nitrogen and oxygen atoms in total. The Morgan fingerprint density at radius 2 is 1.50 bits per heavy atom. The van der Waals surface area contributed by atoms with Crippen molar-refractivity contribution in [3.05, 3.63) is 0 Å². The summed E-state index contributed by atoms with van der Waals surface area (Å²) in [6.07, 6.45) is 2.42. The molecule has 0 saturated carbocycles. The van der Waals surface area contributed by atoms with Crippen LogP contribution in [-0.4, -0.2) is 32.7 Å². The third-order valence-electron chi connectivity index (χ3n) is 2.24. The second kappa shape index (κ2) is 6.02. The zero-order valence-electron chi connectivity index (χ0n) is 10.1. The van der Waals surface area contributed by atoms with Gasteiger partial charge in [0.05, 0.1) is 0 Å². The van der Waals surface area contributed by atoms with E-state index in [2.05, 4.69) is 6.92 Å². The van der Waals surface area contributed by atoms with Crippen LogP contribution in [0.2, 0.25) is 0 Å². The predicted molar refractivity (Wildman–Crippen MR) is 63.2 cm³/mol. The first-order chi connectivity index (χ1) is 6.33. The molecule has 0 saturated heterocycles. The lowest BCUT2D eigenvalue weighted by Crippen LogP contribution is -2.37. The molecule has 0 bridgehead atoms. The summed E-state index contributed by atoms with van der Waals surface area (Å²) < 4.78 is 1.85. The van der Waals surface area contributed by atoms with Crippen molar-refractivity contribution in [2.24, 2.45) is 0 Å². The minimum absolute atomic E-state index is 0.190. The summed E-state index contributed by atoms with van der Waals surface area (Å²) >= 11 is 0. The SMILES string of the molecule is CCCC[P+](O)(O)N(C(C)C)C(C)C. The molecule has 86 valence electrons. The second-order valence-corrected chi connectivity index (χ2v) is 6.63. The molecule has 0 aliphatic rings. The Hall–Kier alpha value is 0.310. The molecule has 0 heterocycles.